The molecule has 3 rings (SSSR count). The fraction of sp³-hybridized carbons (Fsp3) is 0.250. The first-order valence-electron chi connectivity index (χ1n) is 6.87. The van der Waals surface area contributed by atoms with Gasteiger partial charge in [0.2, 0.25) is 0 Å². The molecule has 2 amide bonds. The van der Waals surface area contributed by atoms with Crippen molar-refractivity contribution in [2.24, 2.45) is 0 Å². The van der Waals surface area contributed by atoms with Crippen molar-refractivity contribution in [3.8, 4) is 11.8 Å². The Morgan fingerprint density at radius 2 is 2.14 bits per heavy atom. The van der Waals surface area contributed by atoms with Crippen LogP contribution in [0.5, 0.6) is 5.75 Å². The molecule has 1 heterocycles. The number of amides is 2. The predicted molar refractivity (Wildman–Crippen MR) is 79.1 cm³/mol. The number of benzene rings is 2. The number of carbonyl (C=O) groups is 1. The molecule has 5 heteroatoms. The lowest BCUT2D eigenvalue weighted by Gasteiger charge is -2.15. The van der Waals surface area contributed by atoms with Crippen LogP contribution in [0.2, 0.25) is 0 Å². The molecule has 1 saturated heterocycles. The van der Waals surface area contributed by atoms with E-state index in [-0.39, 0.29) is 6.03 Å². The van der Waals surface area contributed by atoms with E-state index in [1.54, 1.807) is 4.90 Å². The summed E-state index contributed by atoms with van der Waals surface area (Å²) in [5, 5.41) is 14.0. The molecule has 0 unspecified atom stereocenters. The molecule has 106 valence electrons. The van der Waals surface area contributed by atoms with Gasteiger partial charge in [-0.2, -0.15) is 5.26 Å². The molecule has 0 bridgehead atoms. The number of nitrogens with zero attached hydrogens (tertiary/aromatic N) is 2. The van der Waals surface area contributed by atoms with Crippen molar-refractivity contribution in [2.45, 2.75) is 0 Å². The topological polar surface area (TPSA) is 65.4 Å². The second kappa shape index (κ2) is 5.71. The van der Waals surface area contributed by atoms with Crippen LogP contribution in [0.3, 0.4) is 0 Å². The smallest absolute Gasteiger partial charge is 0.317 e. The Balaban J connectivity index is 1.75. The van der Waals surface area contributed by atoms with Crippen molar-refractivity contribution in [2.75, 3.05) is 26.2 Å². The zero-order chi connectivity index (χ0) is 14.7. The molecule has 0 aromatic heterocycles. The van der Waals surface area contributed by atoms with Gasteiger partial charge in [0, 0.05) is 18.5 Å². The van der Waals surface area contributed by atoms with E-state index in [2.05, 4.69) is 11.4 Å². The molecule has 1 fully saturated rings. The van der Waals surface area contributed by atoms with Gasteiger partial charge in [0.15, 0.2) is 0 Å². The lowest BCUT2D eigenvalue weighted by atomic mass is 10.0. The normalized spacial score (nSPS) is 14.0. The first-order chi connectivity index (χ1) is 10.3. The second-order valence-electron chi connectivity index (χ2n) is 4.84. The van der Waals surface area contributed by atoms with E-state index in [9.17, 15) is 10.1 Å². The minimum absolute atomic E-state index is 0.0578. The quantitative estimate of drug-likeness (QED) is 0.933. The standard InChI is InChI=1S/C16H15N3O2/c17-11-14-13-4-2-1-3-12(13)5-6-15(14)21-10-9-19-8-7-18-16(19)20/h1-6H,7-10H2,(H,18,20). The van der Waals surface area contributed by atoms with Gasteiger partial charge < -0.3 is 15.0 Å². The summed E-state index contributed by atoms with van der Waals surface area (Å²) in [6.07, 6.45) is 0. The minimum atomic E-state index is -0.0578. The molecule has 0 saturated carbocycles. The van der Waals surface area contributed by atoms with Gasteiger partial charge in [0.1, 0.15) is 24.0 Å². The highest BCUT2D eigenvalue weighted by atomic mass is 16.5. The van der Waals surface area contributed by atoms with Gasteiger partial charge in [-0.25, -0.2) is 4.79 Å². The third kappa shape index (κ3) is 2.61. The highest BCUT2D eigenvalue weighted by molar-refractivity contribution is 5.90. The van der Waals surface area contributed by atoms with Crippen molar-refractivity contribution >= 4 is 16.8 Å². The number of ether oxygens (including phenoxy) is 1. The van der Waals surface area contributed by atoms with Crippen LogP contribution < -0.4 is 10.1 Å². The van der Waals surface area contributed by atoms with Gasteiger partial charge in [0.05, 0.1) is 6.54 Å². The van der Waals surface area contributed by atoms with E-state index in [0.717, 1.165) is 10.8 Å². The molecule has 0 atom stereocenters. The molecule has 1 N–H and O–H groups in total. The van der Waals surface area contributed by atoms with Crippen LogP contribution in [0.1, 0.15) is 5.56 Å². The molecule has 1 aliphatic rings. The SMILES string of the molecule is N#Cc1c(OCCN2CCNC2=O)ccc2ccccc12. The average molecular weight is 281 g/mol. The molecule has 2 aromatic carbocycles. The number of hydrogen-bond donors (Lipinski definition) is 1. The molecule has 0 spiro atoms. The van der Waals surface area contributed by atoms with Gasteiger partial charge >= 0.3 is 6.03 Å². The van der Waals surface area contributed by atoms with Crippen LogP contribution in [-0.4, -0.2) is 37.2 Å². The largest absolute Gasteiger partial charge is 0.490 e. The summed E-state index contributed by atoms with van der Waals surface area (Å²) in [4.78, 5) is 13.1. The second-order valence-corrected chi connectivity index (χ2v) is 4.84. The van der Waals surface area contributed by atoms with Gasteiger partial charge in [-0.15, -0.1) is 0 Å². The number of fused-ring (bicyclic) bond motifs is 1. The van der Waals surface area contributed by atoms with E-state index in [1.807, 2.05) is 36.4 Å². The number of hydrogen-bond acceptors (Lipinski definition) is 3. The van der Waals surface area contributed by atoms with Gasteiger partial charge in [-0.3, -0.25) is 0 Å². The Bertz CT molecular complexity index is 721. The van der Waals surface area contributed by atoms with Gasteiger partial charge in [-0.05, 0) is 11.5 Å². The Labute approximate surface area is 122 Å². The third-order valence-electron chi connectivity index (χ3n) is 3.57. The van der Waals surface area contributed by atoms with Crippen molar-refractivity contribution in [1.82, 2.24) is 10.2 Å². The third-order valence-corrected chi connectivity index (χ3v) is 3.57. The molecule has 0 radical (unpaired) electrons. The summed E-state index contributed by atoms with van der Waals surface area (Å²) < 4.78 is 5.70. The lowest BCUT2D eigenvalue weighted by Crippen LogP contribution is -2.31. The molecular weight excluding hydrogens is 266 g/mol. The summed E-state index contributed by atoms with van der Waals surface area (Å²) in [5.41, 5.74) is 0.541. The molecule has 2 aromatic rings. The Hall–Kier alpha value is -2.74. The van der Waals surface area contributed by atoms with Gasteiger partial charge in [0.25, 0.3) is 0 Å². The fourth-order valence-corrected chi connectivity index (χ4v) is 2.48. The van der Waals surface area contributed by atoms with Crippen molar-refractivity contribution in [1.29, 1.82) is 5.26 Å². The first-order valence-corrected chi connectivity index (χ1v) is 6.87. The van der Waals surface area contributed by atoms with Crippen molar-refractivity contribution in [3.05, 3.63) is 42.0 Å². The van der Waals surface area contributed by atoms with Crippen molar-refractivity contribution < 1.29 is 9.53 Å². The Kier molecular flexibility index (Phi) is 3.61. The van der Waals surface area contributed by atoms with Crippen LogP contribution in [0.25, 0.3) is 10.8 Å². The van der Waals surface area contributed by atoms with E-state index in [0.29, 0.717) is 37.6 Å². The van der Waals surface area contributed by atoms with Crippen LogP contribution in [0.15, 0.2) is 36.4 Å². The Morgan fingerprint density at radius 1 is 1.29 bits per heavy atom. The summed E-state index contributed by atoms with van der Waals surface area (Å²) in [6, 6.07) is 13.6. The predicted octanol–water partition coefficient (Wildman–Crippen LogP) is 2.12. The fourth-order valence-electron chi connectivity index (χ4n) is 2.48. The number of nitrogens with one attached hydrogen (secondary N) is 1. The summed E-state index contributed by atoms with van der Waals surface area (Å²) in [5.74, 6) is 0.566. The number of nitriles is 1. The molecule has 0 aliphatic carbocycles. The van der Waals surface area contributed by atoms with E-state index in [4.69, 9.17) is 4.74 Å². The highest BCUT2D eigenvalue weighted by Crippen LogP contribution is 2.27. The number of carbonyl (C=O) groups excluding carboxylic acids is 1. The van der Waals surface area contributed by atoms with Crippen LogP contribution in [-0.2, 0) is 0 Å². The lowest BCUT2D eigenvalue weighted by molar-refractivity contribution is 0.202. The van der Waals surface area contributed by atoms with Crippen LogP contribution in [0.4, 0.5) is 4.79 Å². The first kappa shape index (κ1) is 13.3. The van der Waals surface area contributed by atoms with E-state index < -0.39 is 0 Å². The van der Waals surface area contributed by atoms with Gasteiger partial charge in [-0.1, -0.05) is 30.3 Å². The van der Waals surface area contributed by atoms with E-state index >= 15 is 0 Å². The molecule has 5 nitrogen and oxygen atoms in total. The Morgan fingerprint density at radius 3 is 2.90 bits per heavy atom. The minimum Gasteiger partial charge on any atom is -0.490 e. The van der Waals surface area contributed by atoms with Crippen LogP contribution >= 0.6 is 0 Å². The molecular formula is C16H15N3O2. The average Bonchev–Trinajstić information content (AvgIpc) is 2.92. The summed E-state index contributed by atoms with van der Waals surface area (Å²) >= 11 is 0. The monoisotopic (exact) mass is 281 g/mol. The summed E-state index contributed by atoms with van der Waals surface area (Å²) in [6.45, 7) is 2.27. The highest BCUT2D eigenvalue weighted by Gasteiger charge is 2.19. The molecule has 1 aliphatic heterocycles. The van der Waals surface area contributed by atoms with Crippen molar-refractivity contribution in [3.63, 3.8) is 0 Å². The maximum absolute atomic E-state index is 11.4. The maximum atomic E-state index is 11.4. The zero-order valence-electron chi connectivity index (χ0n) is 11.5. The van der Waals surface area contributed by atoms with Crippen LogP contribution in [0, 0.1) is 11.3 Å². The summed E-state index contributed by atoms with van der Waals surface area (Å²) in [7, 11) is 0. The zero-order valence-corrected chi connectivity index (χ0v) is 11.5. The maximum Gasteiger partial charge on any atom is 0.317 e. The molecule has 21 heavy (non-hydrogen) atoms. The number of rotatable bonds is 4. The number of urea groups is 1. The van der Waals surface area contributed by atoms with E-state index in [1.165, 1.54) is 0 Å².